The summed E-state index contributed by atoms with van der Waals surface area (Å²) in [5.41, 5.74) is -0.573. The smallest absolute Gasteiger partial charge is 0.392 e. The van der Waals surface area contributed by atoms with Gasteiger partial charge >= 0.3 is 6.18 Å². The molecule has 0 saturated heterocycles. The largest absolute Gasteiger partial charge is 0.418 e. The van der Waals surface area contributed by atoms with E-state index in [1.54, 1.807) is 6.92 Å². The number of hydrogen-bond acceptors (Lipinski definition) is 2. The Labute approximate surface area is 79.4 Å². The summed E-state index contributed by atoms with van der Waals surface area (Å²) in [6, 6.07) is 0.936. The van der Waals surface area contributed by atoms with Crippen LogP contribution in [0, 0.1) is 0 Å². The second kappa shape index (κ2) is 3.96. The van der Waals surface area contributed by atoms with Crippen molar-refractivity contribution in [3.8, 4) is 0 Å². The second-order valence-corrected chi connectivity index (χ2v) is 2.85. The Kier molecular flexibility index (Phi) is 3.10. The van der Waals surface area contributed by atoms with Crippen molar-refractivity contribution in [2.24, 2.45) is 0 Å². The maximum atomic E-state index is 12.4. The molecule has 0 aliphatic carbocycles. The first-order chi connectivity index (χ1) is 6.49. The summed E-state index contributed by atoms with van der Waals surface area (Å²) in [6.07, 6.45) is -2.92. The number of aliphatic hydroxyl groups is 1. The van der Waals surface area contributed by atoms with Gasteiger partial charge in [0.2, 0.25) is 0 Å². The van der Waals surface area contributed by atoms with Crippen molar-refractivity contribution in [1.29, 1.82) is 0 Å². The Balaban J connectivity index is 3.22. The van der Waals surface area contributed by atoms with Crippen LogP contribution in [0.5, 0.6) is 0 Å². The number of aryl methyl sites for hydroxylation is 1. The fraction of sp³-hybridized carbons (Fsp3) is 0.444. The van der Waals surface area contributed by atoms with Crippen molar-refractivity contribution >= 4 is 0 Å². The zero-order valence-electron chi connectivity index (χ0n) is 7.60. The van der Waals surface area contributed by atoms with Crippen LogP contribution in [0.4, 0.5) is 13.2 Å². The number of rotatable bonds is 2. The highest BCUT2D eigenvalue weighted by Crippen LogP contribution is 2.31. The van der Waals surface area contributed by atoms with Crippen molar-refractivity contribution in [2.75, 3.05) is 0 Å². The summed E-state index contributed by atoms with van der Waals surface area (Å²) in [6.45, 7) is 1.18. The van der Waals surface area contributed by atoms with E-state index in [0.29, 0.717) is 0 Å². The lowest BCUT2D eigenvalue weighted by atomic mass is 10.1. The van der Waals surface area contributed by atoms with E-state index in [2.05, 4.69) is 4.98 Å². The summed E-state index contributed by atoms with van der Waals surface area (Å²) < 4.78 is 37.3. The lowest BCUT2D eigenvalue weighted by Gasteiger charge is -2.11. The normalized spacial score (nSPS) is 11.8. The minimum Gasteiger partial charge on any atom is -0.392 e. The van der Waals surface area contributed by atoms with E-state index in [1.807, 2.05) is 0 Å². The molecule has 0 radical (unpaired) electrons. The molecule has 0 atom stereocenters. The molecule has 2 nitrogen and oxygen atoms in total. The van der Waals surface area contributed by atoms with Crippen LogP contribution in [0.3, 0.4) is 0 Å². The molecule has 0 fully saturated rings. The molecular formula is C9H10F3NO. The van der Waals surface area contributed by atoms with Gasteiger partial charge in [-0.2, -0.15) is 13.2 Å². The molecule has 1 heterocycles. The van der Waals surface area contributed by atoms with Gasteiger partial charge in [0.25, 0.3) is 0 Å². The molecular weight excluding hydrogens is 195 g/mol. The average molecular weight is 205 g/mol. The third-order valence-electron chi connectivity index (χ3n) is 1.85. The molecule has 1 aromatic heterocycles. The van der Waals surface area contributed by atoms with Gasteiger partial charge in [0.05, 0.1) is 17.9 Å². The van der Waals surface area contributed by atoms with Gasteiger partial charge in [0.15, 0.2) is 0 Å². The van der Waals surface area contributed by atoms with E-state index in [1.165, 1.54) is 6.20 Å². The van der Waals surface area contributed by atoms with Gasteiger partial charge in [0, 0.05) is 6.20 Å². The van der Waals surface area contributed by atoms with Crippen molar-refractivity contribution in [3.05, 3.63) is 29.1 Å². The number of pyridine rings is 1. The molecule has 1 aromatic rings. The summed E-state index contributed by atoms with van der Waals surface area (Å²) in [4.78, 5) is 3.65. The molecule has 78 valence electrons. The van der Waals surface area contributed by atoms with Crippen molar-refractivity contribution in [2.45, 2.75) is 26.1 Å². The van der Waals surface area contributed by atoms with Gasteiger partial charge in [-0.1, -0.05) is 6.92 Å². The van der Waals surface area contributed by atoms with E-state index in [4.69, 9.17) is 5.11 Å². The van der Waals surface area contributed by atoms with Gasteiger partial charge in [-0.25, -0.2) is 0 Å². The molecule has 0 aliphatic rings. The summed E-state index contributed by atoms with van der Waals surface area (Å²) >= 11 is 0. The van der Waals surface area contributed by atoms with E-state index in [0.717, 1.165) is 6.07 Å². The predicted molar refractivity (Wildman–Crippen MR) is 44.5 cm³/mol. The van der Waals surface area contributed by atoms with Gasteiger partial charge < -0.3 is 5.11 Å². The Bertz CT molecular complexity index is 322. The highest BCUT2D eigenvalue weighted by molar-refractivity contribution is 5.27. The standard InChI is InChI=1S/C9H10F3NO/c1-2-8-7(9(10,11)12)3-6(5-14)4-13-8/h3-4,14H,2,5H2,1H3. The van der Waals surface area contributed by atoms with Crippen LogP contribution in [0.2, 0.25) is 0 Å². The minimum atomic E-state index is -4.40. The second-order valence-electron chi connectivity index (χ2n) is 2.85. The maximum absolute atomic E-state index is 12.4. The highest BCUT2D eigenvalue weighted by Gasteiger charge is 2.33. The van der Waals surface area contributed by atoms with Gasteiger partial charge in [-0.15, -0.1) is 0 Å². The van der Waals surface area contributed by atoms with Crippen LogP contribution in [-0.4, -0.2) is 10.1 Å². The van der Waals surface area contributed by atoms with Crippen LogP contribution in [0.1, 0.15) is 23.7 Å². The number of nitrogens with zero attached hydrogens (tertiary/aromatic N) is 1. The molecule has 1 rings (SSSR count). The number of alkyl halides is 3. The lowest BCUT2D eigenvalue weighted by Crippen LogP contribution is -2.11. The quantitative estimate of drug-likeness (QED) is 0.802. The van der Waals surface area contributed by atoms with Crippen molar-refractivity contribution in [3.63, 3.8) is 0 Å². The molecule has 0 bridgehead atoms. The third-order valence-corrected chi connectivity index (χ3v) is 1.85. The highest BCUT2D eigenvalue weighted by atomic mass is 19.4. The fourth-order valence-electron chi connectivity index (χ4n) is 1.15. The Morgan fingerprint density at radius 3 is 2.50 bits per heavy atom. The SMILES string of the molecule is CCc1ncc(CO)cc1C(F)(F)F. The first-order valence-electron chi connectivity index (χ1n) is 4.15. The molecule has 0 unspecified atom stereocenters. The third kappa shape index (κ3) is 2.23. The molecule has 14 heavy (non-hydrogen) atoms. The molecule has 1 N–H and O–H groups in total. The lowest BCUT2D eigenvalue weighted by molar-refractivity contribution is -0.138. The molecule has 0 aliphatic heterocycles. The van der Waals surface area contributed by atoms with Crippen molar-refractivity contribution < 1.29 is 18.3 Å². The average Bonchev–Trinajstić information content (AvgIpc) is 2.15. The molecule has 0 spiro atoms. The van der Waals surface area contributed by atoms with E-state index in [-0.39, 0.29) is 17.7 Å². The molecule has 0 amide bonds. The van der Waals surface area contributed by atoms with Crippen LogP contribution >= 0.6 is 0 Å². The summed E-state index contributed by atoms with van der Waals surface area (Å²) in [5, 5.41) is 8.68. The summed E-state index contributed by atoms with van der Waals surface area (Å²) in [5.74, 6) is 0. The van der Waals surface area contributed by atoms with Crippen LogP contribution in [0.15, 0.2) is 12.3 Å². The predicted octanol–water partition coefficient (Wildman–Crippen LogP) is 2.16. The van der Waals surface area contributed by atoms with Gasteiger partial charge in [-0.3, -0.25) is 4.98 Å². The number of hydrogen-bond donors (Lipinski definition) is 1. The Morgan fingerprint density at radius 1 is 1.43 bits per heavy atom. The molecule has 5 heteroatoms. The molecule has 0 aromatic carbocycles. The number of halogens is 3. The van der Waals surface area contributed by atoms with Crippen LogP contribution in [0.25, 0.3) is 0 Å². The topological polar surface area (TPSA) is 33.1 Å². The zero-order chi connectivity index (χ0) is 10.8. The Hall–Kier alpha value is -1.10. The minimum absolute atomic E-state index is 0.00898. The summed E-state index contributed by atoms with van der Waals surface area (Å²) in [7, 11) is 0. The number of aliphatic hydroxyl groups excluding tert-OH is 1. The first-order valence-corrected chi connectivity index (χ1v) is 4.15. The monoisotopic (exact) mass is 205 g/mol. The van der Waals surface area contributed by atoms with E-state index in [9.17, 15) is 13.2 Å². The van der Waals surface area contributed by atoms with E-state index >= 15 is 0 Å². The molecule has 0 saturated carbocycles. The van der Waals surface area contributed by atoms with Crippen LogP contribution in [-0.2, 0) is 19.2 Å². The van der Waals surface area contributed by atoms with Gasteiger partial charge in [0.1, 0.15) is 0 Å². The van der Waals surface area contributed by atoms with Crippen molar-refractivity contribution in [1.82, 2.24) is 4.98 Å². The first kappa shape index (κ1) is 11.0. The van der Waals surface area contributed by atoms with E-state index < -0.39 is 18.3 Å². The van der Waals surface area contributed by atoms with Crippen LogP contribution < -0.4 is 0 Å². The Morgan fingerprint density at radius 2 is 2.07 bits per heavy atom. The van der Waals surface area contributed by atoms with Gasteiger partial charge in [-0.05, 0) is 18.1 Å². The fourth-order valence-corrected chi connectivity index (χ4v) is 1.15. The zero-order valence-corrected chi connectivity index (χ0v) is 7.60. The maximum Gasteiger partial charge on any atom is 0.418 e. The number of aromatic nitrogens is 1.